The number of anilines is 1. The van der Waals surface area contributed by atoms with Crippen LogP contribution in [0.15, 0.2) is 54.0 Å². The molecule has 2 atom stereocenters. The van der Waals surface area contributed by atoms with Crippen LogP contribution in [0.5, 0.6) is 0 Å². The number of nitrogens with zero attached hydrogens (tertiary/aromatic N) is 1. The lowest BCUT2D eigenvalue weighted by atomic mass is 9.71. The maximum absolute atomic E-state index is 4.38. The van der Waals surface area contributed by atoms with Crippen molar-refractivity contribution in [2.45, 2.75) is 25.7 Å². The molecule has 0 amide bonds. The van der Waals surface area contributed by atoms with Gasteiger partial charge in [-0.3, -0.25) is 0 Å². The van der Waals surface area contributed by atoms with Crippen LogP contribution >= 0.6 is 11.3 Å². The molecule has 0 aliphatic heterocycles. The van der Waals surface area contributed by atoms with E-state index in [1.165, 1.54) is 16.7 Å². The molecule has 1 aromatic heterocycles. The number of benzene rings is 1. The van der Waals surface area contributed by atoms with Gasteiger partial charge in [-0.1, -0.05) is 49.4 Å². The topological polar surface area (TPSA) is 24.9 Å². The van der Waals surface area contributed by atoms with E-state index in [-0.39, 0.29) is 5.41 Å². The first kappa shape index (κ1) is 15.2. The Labute approximate surface area is 147 Å². The van der Waals surface area contributed by atoms with E-state index in [4.69, 9.17) is 0 Å². The van der Waals surface area contributed by atoms with Gasteiger partial charge in [0.15, 0.2) is 5.13 Å². The Balaban J connectivity index is 1.74. The van der Waals surface area contributed by atoms with Crippen molar-refractivity contribution >= 4 is 16.5 Å². The Bertz CT molecular complexity index is 798. The van der Waals surface area contributed by atoms with Crippen molar-refractivity contribution in [3.63, 3.8) is 0 Å². The molecule has 1 heterocycles. The van der Waals surface area contributed by atoms with Gasteiger partial charge in [0.05, 0.1) is 0 Å². The van der Waals surface area contributed by atoms with E-state index in [9.17, 15) is 0 Å². The summed E-state index contributed by atoms with van der Waals surface area (Å²) < 4.78 is 0. The molecule has 2 aromatic carbocycles. The minimum Gasteiger partial charge on any atom is -0.361 e. The van der Waals surface area contributed by atoms with Crippen molar-refractivity contribution in [1.29, 1.82) is 0 Å². The zero-order chi connectivity index (χ0) is 16.4. The fraction of sp³-hybridized carbons (Fsp3) is 0.286. The predicted molar refractivity (Wildman–Crippen MR) is 99.4 cm³/mol. The largest absolute Gasteiger partial charge is 0.361 e. The summed E-state index contributed by atoms with van der Waals surface area (Å²) in [7, 11) is 0. The first-order valence-corrected chi connectivity index (χ1v) is 9.30. The Kier molecular flexibility index (Phi) is 4.00. The van der Waals surface area contributed by atoms with Gasteiger partial charge in [-0.05, 0) is 36.1 Å². The first-order chi connectivity index (χ1) is 11.8. The first-order valence-electron chi connectivity index (χ1n) is 8.42. The van der Waals surface area contributed by atoms with Crippen LogP contribution in [0.1, 0.15) is 36.0 Å². The van der Waals surface area contributed by atoms with E-state index >= 15 is 0 Å². The van der Waals surface area contributed by atoms with Gasteiger partial charge in [-0.15, -0.1) is 11.3 Å². The van der Waals surface area contributed by atoms with Crippen LogP contribution in [0, 0.1) is 17.5 Å². The molecule has 0 fully saturated rings. The van der Waals surface area contributed by atoms with E-state index in [0.717, 1.165) is 24.5 Å². The fourth-order valence-corrected chi connectivity index (χ4v) is 4.53. The average Bonchev–Trinajstić information content (AvgIpc) is 3.26. The molecule has 24 heavy (non-hydrogen) atoms. The third-order valence-corrected chi connectivity index (χ3v) is 5.96. The van der Waals surface area contributed by atoms with E-state index in [1.54, 1.807) is 11.3 Å². The van der Waals surface area contributed by atoms with Gasteiger partial charge in [-0.25, -0.2) is 4.98 Å². The van der Waals surface area contributed by atoms with Crippen LogP contribution in [-0.2, 0) is 6.42 Å². The van der Waals surface area contributed by atoms with E-state index in [0.29, 0.717) is 5.92 Å². The second-order valence-corrected chi connectivity index (χ2v) is 7.36. The van der Waals surface area contributed by atoms with Gasteiger partial charge >= 0.3 is 0 Å². The van der Waals surface area contributed by atoms with Gasteiger partial charge in [0, 0.05) is 35.0 Å². The second-order valence-electron chi connectivity index (χ2n) is 6.47. The zero-order valence-corrected chi connectivity index (χ0v) is 14.6. The molecule has 0 saturated carbocycles. The minimum atomic E-state index is 0.140. The van der Waals surface area contributed by atoms with Crippen LogP contribution in [-0.4, -0.2) is 11.5 Å². The average molecular weight is 332 g/mol. The standard InChI is InChI=1S/C21H20N2S/c1-2-21(15-23-20-22-12-13-24-20)14-17-10-6-7-11-18(17)19(21)16-8-4-3-5-9-16/h3-4,6-8,10-13,19H,2,14-15H2,1H3,(H,22,23)/t19-,21-/m0/s1. The molecule has 4 rings (SSSR count). The van der Waals surface area contributed by atoms with Crippen LogP contribution in [0.3, 0.4) is 0 Å². The number of fused-ring (bicyclic) bond motifs is 1. The van der Waals surface area contributed by atoms with E-state index < -0.39 is 0 Å². The lowest BCUT2D eigenvalue weighted by Gasteiger charge is -2.35. The second kappa shape index (κ2) is 6.30. The molecule has 1 N–H and O–H groups in total. The van der Waals surface area contributed by atoms with E-state index in [1.807, 2.05) is 17.6 Å². The molecule has 1 aliphatic carbocycles. The molecule has 1 aliphatic rings. The molecule has 3 heteroatoms. The van der Waals surface area contributed by atoms with Crippen LogP contribution in [0.4, 0.5) is 5.13 Å². The van der Waals surface area contributed by atoms with Crippen molar-refractivity contribution in [3.05, 3.63) is 82.9 Å². The summed E-state index contributed by atoms with van der Waals surface area (Å²) in [5.41, 5.74) is 4.28. The molecule has 0 unspecified atom stereocenters. The van der Waals surface area contributed by atoms with Gasteiger partial charge in [-0.2, -0.15) is 0 Å². The third-order valence-electron chi connectivity index (χ3n) is 5.23. The summed E-state index contributed by atoms with van der Waals surface area (Å²) in [6.45, 7) is 3.22. The number of hydrogen-bond acceptors (Lipinski definition) is 3. The number of aromatic nitrogens is 1. The molecule has 3 aromatic rings. The molecule has 0 radical (unpaired) electrons. The number of thiazole rings is 1. The summed E-state index contributed by atoms with van der Waals surface area (Å²) in [4.78, 5) is 4.38. The lowest BCUT2D eigenvalue weighted by molar-refractivity contribution is 0.278. The highest BCUT2D eigenvalue weighted by Gasteiger charge is 2.45. The summed E-state index contributed by atoms with van der Waals surface area (Å²) in [5.74, 6) is 0.351. The summed E-state index contributed by atoms with van der Waals surface area (Å²) in [6, 6.07) is 21.6. The molecule has 0 spiro atoms. The van der Waals surface area contributed by atoms with Crippen molar-refractivity contribution in [2.75, 3.05) is 11.9 Å². The predicted octanol–water partition coefficient (Wildman–Crippen LogP) is 4.94. The zero-order valence-electron chi connectivity index (χ0n) is 13.8. The monoisotopic (exact) mass is 332 g/mol. The quantitative estimate of drug-likeness (QED) is 0.716. The van der Waals surface area contributed by atoms with Crippen LogP contribution in [0.2, 0.25) is 0 Å². The minimum absolute atomic E-state index is 0.140. The highest BCUT2D eigenvalue weighted by molar-refractivity contribution is 7.13. The Morgan fingerprint density at radius 1 is 1.29 bits per heavy atom. The van der Waals surface area contributed by atoms with Crippen LogP contribution < -0.4 is 5.32 Å². The molecular formula is C21H20N2S. The molecule has 120 valence electrons. The summed E-state index contributed by atoms with van der Waals surface area (Å²) >= 11 is 1.66. The normalized spacial score (nSPS) is 22.0. The highest BCUT2D eigenvalue weighted by Crippen LogP contribution is 2.52. The van der Waals surface area contributed by atoms with Gasteiger partial charge < -0.3 is 5.32 Å². The third kappa shape index (κ3) is 2.57. The lowest BCUT2D eigenvalue weighted by Crippen LogP contribution is -2.34. The fourth-order valence-electron chi connectivity index (χ4n) is 4.00. The highest BCUT2D eigenvalue weighted by atomic mass is 32.1. The van der Waals surface area contributed by atoms with Crippen molar-refractivity contribution in [1.82, 2.24) is 4.98 Å². The van der Waals surface area contributed by atoms with Gasteiger partial charge in [0.1, 0.15) is 0 Å². The number of hydrogen-bond donors (Lipinski definition) is 1. The molecular weight excluding hydrogens is 312 g/mol. The maximum Gasteiger partial charge on any atom is 0.182 e. The summed E-state index contributed by atoms with van der Waals surface area (Å²) in [5, 5.41) is 6.59. The summed E-state index contributed by atoms with van der Waals surface area (Å²) in [6.07, 6.45) is 4.05. The number of nitrogens with one attached hydrogen (secondary N) is 1. The van der Waals surface area contributed by atoms with Gasteiger partial charge in [0.25, 0.3) is 0 Å². The smallest absolute Gasteiger partial charge is 0.182 e. The van der Waals surface area contributed by atoms with Crippen molar-refractivity contribution in [3.8, 4) is 0 Å². The molecule has 0 saturated heterocycles. The Morgan fingerprint density at radius 2 is 2.21 bits per heavy atom. The Morgan fingerprint density at radius 3 is 2.96 bits per heavy atom. The molecule has 0 bridgehead atoms. The van der Waals surface area contributed by atoms with Crippen molar-refractivity contribution in [2.24, 2.45) is 5.41 Å². The SMILES string of the molecule is CC[C@@]1(CNc2nccs2)Cc2ccccc2[C@@H]1c1c#cccc1. The van der Waals surface area contributed by atoms with Crippen LogP contribution in [0.25, 0.3) is 0 Å². The Hall–Kier alpha value is -2.31. The number of rotatable bonds is 5. The maximum atomic E-state index is 4.38. The molecule has 2 nitrogen and oxygen atoms in total. The van der Waals surface area contributed by atoms with Crippen molar-refractivity contribution < 1.29 is 0 Å². The van der Waals surface area contributed by atoms with E-state index in [2.05, 4.69) is 65.8 Å². The van der Waals surface area contributed by atoms with Gasteiger partial charge in [0.2, 0.25) is 0 Å².